The van der Waals surface area contributed by atoms with Crippen LogP contribution in [0.5, 0.6) is 0 Å². The van der Waals surface area contributed by atoms with E-state index in [1.165, 1.54) is 0 Å². The monoisotopic (exact) mass is 369 g/mol. The fraction of sp³-hybridized carbons (Fsp3) is 0.684. The van der Waals surface area contributed by atoms with Crippen LogP contribution in [0.1, 0.15) is 47.1 Å². The molecular weight excluding hydrogens is 337 g/mol. The van der Waals surface area contributed by atoms with Crippen molar-refractivity contribution in [3.63, 3.8) is 0 Å². The molecule has 2 rings (SSSR count). The Morgan fingerprint density at radius 1 is 1.12 bits per heavy atom. The van der Waals surface area contributed by atoms with E-state index >= 15 is 0 Å². The maximum absolute atomic E-state index is 6.20. The lowest BCUT2D eigenvalue weighted by atomic mass is 10.2. The quantitative estimate of drug-likeness (QED) is 0.589. The lowest BCUT2D eigenvalue weighted by molar-refractivity contribution is -0.141. The van der Waals surface area contributed by atoms with E-state index in [0.717, 1.165) is 5.56 Å². The highest BCUT2D eigenvalue weighted by Crippen LogP contribution is 2.47. The lowest BCUT2D eigenvalue weighted by Crippen LogP contribution is -2.34. The molecule has 0 spiro atoms. The molecule has 1 saturated heterocycles. The molecular formula is C19H32NO4P. The third-order valence-corrected chi connectivity index (χ3v) is 5.89. The standard InChI is InChI=1S/C19H32NO4P/c1-15(2)20(16(3)4)25(22-12-17-10-8-7-9-11-17)23-14-18-13-21-19(5,6)24-18/h7-11,15-16,18H,12-14H2,1-6H3. The summed E-state index contributed by atoms with van der Waals surface area (Å²) in [6, 6.07) is 10.9. The van der Waals surface area contributed by atoms with E-state index in [1.54, 1.807) is 0 Å². The van der Waals surface area contributed by atoms with Gasteiger partial charge in [-0.05, 0) is 47.1 Å². The molecule has 1 heterocycles. The van der Waals surface area contributed by atoms with Gasteiger partial charge in [-0.25, -0.2) is 4.67 Å². The van der Waals surface area contributed by atoms with E-state index in [9.17, 15) is 0 Å². The molecule has 0 aliphatic carbocycles. The van der Waals surface area contributed by atoms with Crippen LogP contribution in [0.2, 0.25) is 0 Å². The summed E-state index contributed by atoms with van der Waals surface area (Å²) in [6.07, 6.45) is -0.0542. The van der Waals surface area contributed by atoms with E-state index in [0.29, 0.717) is 31.9 Å². The largest absolute Gasteiger partial charge is 0.348 e. The van der Waals surface area contributed by atoms with Gasteiger partial charge in [-0.15, -0.1) is 0 Å². The fourth-order valence-electron chi connectivity index (χ4n) is 2.84. The molecule has 0 N–H and O–H groups in total. The molecule has 142 valence electrons. The number of benzene rings is 1. The van der Waals surface area contributed by atoms with Crippen molar-refractivity contribution in [3.05, 3.63) is 35.9 Å². The number of ether oxygens (including phenoxy) is 2. The summed E-state index contributed by atoms with van der Waals surface area (Å²) >= 11 is 0. The molecule has 5 nitrogen and oxygen atoms in total. The zero-order valence-electron chi connectivity index (χ0n) is 16.3. The van der Waals surface area contributed by atoms with Crippen molar-refractivity contribution >= 4 is 8.53 Å². The van der Waals surface area contributed by atoms with Gasteiger partial charge < -0.3 is 18.5 Å². The van der Waals surface area contributed by atoms with Gasteiger partial charge in [0.15, 0.2) is 5.79 Å². The molecule has 0 saturated carbocycles. The maximum atomic E-state index is 6.20. The molecule has 6 heteroatoms. The minimum atomic E-state index is -1.18. The van der Waals surface area contributed by atoms with E-state index in [2.05, 4.69) is 44.5 Å². The van der Waals surface area contributed by atoms with Crippen LogP contribution in [-0.4, -0.2) is 41.9 Å². The van der Waals surface area contributed by atoms with Crippen molar-refractivity contribution in [3.8, 4) is 0 Å². The summed E-state index contributed by atoms with van der Waals surface area (Å²) < 4.78 is 26.1. The van der Waals surface area contributed by atoms with Crippen molar-refractivity contribution in [1.82, 2.24) is 4.67 Å². The molecule has 1 aliphatic heterocycles. The summed E-state index contributed by atoms with van der Waals surface area (Å²) in [6.45, 7) is 14.1. The third kappa shape index (κ3) is 6.59. The Bertz CT molecular complexity index is 501. The molecule has 2 unspecified atom stereocenters. The van der Waals surface area contributed by atoms with Gasteiger partial charge in [0, 0.05) is 12.1 Å². The molecule has 1 aromatic carbocycles. The first-order valence-electron chi connectivity index (χ1n) is 8.98. The summed E-state index contributed by atoms with van der Waals surface area (Å²) in [5.41, 5.74) is 1.15. The number of rotatable bonds is 9. The summed E-state index contributed by atoms with van der Waals surface area (Å²) in [5, 5.41) is 0. The average Bonchev–Trinajstić information content (AvgIpc) is 2.89. The van der Waals surface area contributed by atoms with Gasteiger partial charge in [-0.1, -0.05) is 30.3 Å². The Hall–Kier alpha value is -0.550. The Morgan fingerprint density at radius 3 is 2.28 bits per heavy atom. The SMILES string of the molecule is CC(C)N(C(C)C)P(OCc1ccccc1)OCC1COC(C)(C)O1. The number of nitrogens with zero attached hydrogens (tertiary/aromatic N) is 1. The lowest BCUT2D eigenvalue weighted by Gasteiger charge is -2.36. The van der Waals surface area contributed by atoms with Crippen LogP contribution in [0.25, 0.3) is 0 Å². The molecule has 1 fully saturated rings. The second-order valence-corrected chi connectivity index (χ2v) is 8.76. The van der Waals surface area contributed by atoms with Crippen molar-refractivity contribution in [2.75, 3.05) is 13.2 Å². The van der Waals surface area contributed by atoms with E-state index in [4.69, 9.17) is 18.5 Å². The van der Waals surface area contributed by atoms with E-state index in [1.807, 2.05) is 32.0 Å². The van der Waals surface area contributed by atoms with Crippen LogP contribution in [-0.2, 0) is 25.1 Å². The summed E-state index contributed by atoms with van der Waals surface area (Å²) in [4.78, 5) is 0. The molecule has 1 aliphatic rings. The Morgan fingerprint density at radius 2 is 1.76 bits per heavy atom. The third-order valence-electron chi connectivity index (χ3n) is 3.87. The van der Waals surface area contributed by atoms with Gasteiger partial charge in [0.25, 0.3) is 8.53 Å². The first-order valence-corrected chi connectivity index (χ1v) is 10.1. The summed E-state index contributed by atoms with van der Waals surface area (Å²) in [7, 11) is -1.18. The van der Waals surface area contributed by atoms with Crippen molar-refractivity contribution in [2.24, 2.45) is 0 Å². The molecule has 0 aromatic heterocycles. The van der Waals surface area contributed by atoms with Crippen LogP contribution in [0.15, 0.2) is 30.3 Å². The predicted molar refractivity (Wildman–Crippen MR) is 101 cm³/mol. The second-order valence-electron chi connectivity index (χ2n) is 7.31. The fourth-order valence-corrected chi connectivity index (χ4v) is 4.49. The summed E-state index contributed by atoms with van der Waals surface area (Å²) in [5.74, 6) is -0.530. The van der Waals surface area contributed by atoms with Crippen LogP contribution >= 0.6 is 8.53 Å². The van der Waals surface area contributed by atoms with Crippen LogP contribution in [0.3, 0.4) is 0 Å². The van der Waals surface area contributed by atoms with Gasteiger partial charge >= 0.3 is 0 Å². The second kappa shape index (κ2) is 9.40. The minimum Gasteiger partial charge on any atom is -0.348 e. The number of hydrogen-bond donors (Lipinski definition) is 0. The predicted octanol–water partition coefficient (Wildman–Crippen LogP) is 4.72. The molecule has 2 atom stereocenters. The highest BCUT2D eigenvalue weighted by molar-refractivity contribution is 7.44. The first-order chi connectivity index (χ1) is 11.8. The number of hydrogen-bond acceptors (Lipinski definition) is 5. The van der Waals surface area contributed by atoms with Gasteiger partial charge in [-0.2, -0.15) is 0 Å². The normalized spacial score (nSPS) is 21.4. The Balaban J connectivity index is 1.98. The van der Waals surface area contributed by atoms with Crippen LogP contribution in [0, 0.1) is 0 Å². The maximum Gasteiger partial charge on any atom is 0.259 e. The van der Waals surface area contributed by atoms with Gasteiger partial charge in [0.1, 0.15) is 6.10 Å². The Kier molecular flexibility index (Phi) is 7.81. The molecule has 0 bridgehead atoms. The van der Waals surface area contributed by atoms with Crippen molar-refractivity contribution in [1.29, 1.82) is 0 Å². The van der Waals surface area contributed by atoms with Gasteiger partial charge in [-0.3, -0.25) is 0 Å². The first kappa shape index (κ1) is 20.8. The van der Waals surface area contributed by atoms with E-state index < -0.39 is 14.3 Å². The highest BCUT2D eigenvalue weighted by Gasteiger charge is 2.35. The van der Waals surface area contributed by atoms with Gasteiger partial charge in [0.05, 0.1) is 19.8 Å². The Labute approximate surface area is 153 Å². The van der Waals surface area contributed by atoms with Crippen LogP contribution in [0.4, 0.5) is 0 Å². The highest BCUT2D eigenvalue weighted by atomic mass is 31.2. The minimum absolute atomic E-state index is 0.0542. The molecule has 1 aromatic rings. The molecule has 0 amide bonds. The zero-order valence-corrected chi connectivity index (χ0v) is 17.2. The smallest absolute Gasteiger partial charge is 0.259 e. The van der Waals surface area contributed by atoms with Crippen LogP contribution < -0.4 is 0 Å². The zero-order chi connectivity index (χ0) is 18.4. The molecule has 25 heavy (non-hydrogen) atoms. The van der Waals surface area contributed by atoms with Crippen molar-refractivity contribution < 1.29 is 18.5 Å². The average molecular weight is 369 g/mol. The topological polar surface area (TPSA) is 40.2 Å². The van der Waals surface area contributed by atoms with Gasteiger partial charge in [0.2, 0.25) is 0 Å². The molecule has 0 radical (unpaired) electrons. The van der Waals surface area contributed by atoms with E-state index in [-0.39, 0.29) is 6.10 Å². The van der Waals surface area contributed by atoms with Crippen molar-refractivity contribution in [2.45, 2.75) is 72.1 Å².